The van der Waals surface area contributed by atoms with Gasteiger partial charge in [-0.15, -0.1) is 0 Å². The SMILES string of the molecule is O=C(CCN1C(=O)C2CCCCC2C1=O)NCC1(c2ccc(F)cc2)CCOCC1. The molecule has 1 saturated carbocycles. The van der Waals surface area contributed by atoms with E-state index in [1.54, 1.807) is 12.1 Å². The number of halogens is 1. The Morgan fingerprint density at radius 3 is 2.27 bits per heavy atom. The second-order valence-corrected chi connectivity index (χ2v) is 8.75. The van der Waals surface area contributed by atoms with Crippen molar-refractivity contribution in [1.82, 2.24) is 10.2 Å². The summed E-state index contributed by atoms with van der Waals surface area (Å²) < 4.78 is 18.9. The second-order valence-electron chi connectivity index (χ2n) is 8.75. The van der Waals surface area contributed by atoms with Gasteiger partial charge in [-0.3, -0.25) is 19.3 Å². The van der Waals surface area contributed by atoms with E-state index < -0.39 is 0 Å². The predicted molar refractivity (Wildman–Crippen MR) is 108 cm³/mol. The maximum Gasteiger partial charge on any atom is 0.233 e. The van der Waals surface area contributed by atoms with E-state index in [-0.39, 0.29) is 53.8 Å². The minimum atomic E-state index is -0.296. The standard InChI is InChI=1S/C23H29FN2O4/c24-17-7-5-16(6-8-17)23(10-13-30-14-11-23)15-25-20(27)9-12-26-21(28)18-3-1-2-4-19(18)22(26)29/h5-8,18-19H,1-4,9-15H2,(H,25,27). The normalized spacial score (nSPS) is 25.8. The Labute approximate surface area is 176 Å². The molecule has 30 heavy (non-hydrogen) atoms. The lowest BCUT2D eigenvalue weighted by Gasteiger charge is -2.38. The van der Waals surface area contributed by atoms with Gasteiger partial charge in [-0.05, 0) is 43.4 Å². The minimum absolute atomic E-state index is 0.104. The molecule has 4 rings (SSSR count). The molecule has 1 N–H and O–H groups in total. The average molecular weight is 416 g/mol. The van der Waals surface area contributed by atoms with Crippen LogP contribution in [0.15, 0.2) is 24.3 Å². The van der Waals surface area contributed by atoms with Crippen molar-refractivity contribution >= 4 is 17.7 Å². The fourth-order valence-electron chi connectivity index (χ4n) is 5.15. The van der Waals surface area contributed by atoms with Crippen LogP contribution in [-0.2, 0) is 24.5 Å². The number of hydrogen-bond donors (Lipinski definition) is 1. The van der Waals surface area contributed by atoms with E-state index in [1.807, 2.05) is 0 Å². The third kappa shape index (κ3) is 4.13. The molecule has 3 aliphatic rings. The highest BCUT2D eigenvalue weighted by Gasteiger charge is 2.47. The van der Waals surface area contributed by atoms with Gasteiger partial charge < -0.3 is 10.1 Å². The molecule has 6 nitrogen and oxygen atoms in total. The first-order valence-electron chi connectivity index (χ1n) is 11.0. The molecule has 3 amide bonds. The highest BCUT2D eigenvalue weighted by molar-refractivity contribution is 6.05. The molecule has 3 fully saturated rings. The third-order valence-corrected chi connectivity index (χ3v) is 7.03. The maximum absolute atomic E-state index is 13.4. The van der Waals surface area contributed by atoms with Gasteiger partial charge in [0.1, 0.15) is 5.82 Å². The van der Waals surface area contributed by atoms with E-state index in [9.17, 15) is 18.8 Å². The fraction of sp³-hybridized carbons (Fsp3) is 0.609. The van der Waals surface area contributed by atoms with Gasteiger partial charge in [-0.25, -0.2) is 4.39 Å². The molecule has 1 aromatic rings. The molecular formula is C23H29FN2O4. The zero-order chi connectivity index (χ0) is 21.1. The van der Waals surface area contributed by atoms with Crippen LogP contribution in [0.3, 0.4) is 0 Å². The Morgan fingerprint density at radius 1 is 1.07 bits per heavy atom. The van der Waals surface area contributed by atoms with E-state index >= 15 is 0 Å². The van der Waals surface area contributed by atoms with Crippen molar-refractivity contribution in [3.05, 3.63) is 35.6 Å². The van der Waals surface area contributed by atoms with Gasteiger partial charge in [-0.2, -0.15) is 0 Å². The summed E-state index contributed by atoms with van der Waals surface area (Å²) in [5, 5.41) is 2.99. The van der Waals surface area contributed by atoms with Crippen molar-refractivity contribution in [2.24, 2.45) is 11.8 Å². The molecule has 0 bridgehead atoms. The summed E-state index contributed by atoms with van der Waals surface area (Å²) in [7, 11) is 0. The molecule has 2 saturated heterocycles. The van der Waals surface area contributed by atoms with Crippen molar-refractivity contribution in [2.75, 3.05) is 26.3 Å². The van der Waals surface area contributed by atoms with Crippen LogP contribution in [0.4, 0.5) is 4.39 Å². The second kappa shape index (κ2) is 8.84. The number of fused-ring (bicyclic) bond motifs is 1. The Hall–Kier alpha value is -2.28. The first-order chi connectivity index (χ1) is 14.5. The summed E-state index contributed by atoms with van der Waals surface area (Å²) in [6.45, 7) is 1.75. The topological polar surface area (TPSA) is 75.7 Å². The third-order valence-electron chi connectivity index (χ3n) is 7.03. The Morgan fingerprint density at radius 2 is 1.67 bits per heavy atom. The summed E-state index contributed by atoms with van der Waals surface area (Å²) in [6.07, 6.45) is 5.12. The van der Waals surface area contributed by atoms with Crippen LogP contribution in [0.2, 0.25) is 0 Å². The van der Waals surface area contributed by atoms with Crippen molar-refractivity contribution in [3.63, 3.8) is 0 Å². The molecule has 7 heteroatoms. The smallest absolute Gasteiger partial charge is 0.233 e. The number of likely N-dealkylation sites (tertiary alicyclic amines) is 1. The van der Waals surface area contributed by atoms with E-state index in [0.717, 1.165) is 44.1 Å². The number of nitrogens with zero attached hydrogens (tertiary/aromatic N) is 1. The Bertz CT molecular complexity index is 780. The van der Waals surface area contributed by atoms with Crippen molar-refractivity contribution in [1.29, 1.82) is 0 Å². The monoisotopic (exact) mass is 416 g/mol. The lowest BCUT2D eigenvalue weighted by molar-refractivity contribution is -0.140. The number of ether oxygens (including phenoxy) is 1. The van der Waals surface area contributed by atoms with Crippen LogP contribution in [0.1, 0.15) is 50.5 Å². The molecule has 0 aromatic heterocycles. The Balaban J connectivity index is 1.34. The molecule has 0 spiro atoms. The van der Waals surface area contributed by atoms with E-state index in [2.05, 4.69) is 5.32 Å². The molecule has 1 aromatic carbocycles. The number of hydrogen-bond acceptors (Lipinski definition) is 4. The number of carbonyl (C=O) groups excluding carboxylic acids is 3. The number of nitrogens with one attached hydrogen (secondary N) is 1. The van der Waals surface area contributed by atoms with E-state index in [1.165, 1.54) is 17.0 Å². The number of benzene rings is 1. The number of amides is 3. The summed E-state index contributed by atoms with van der Waals surface area (Å²) in [5.41, 5.74) is 0.692. The van der Waals surface area contributed by atoms with Crippen LogP contribution >= 0.6 is 0 Å². The summed E-state index contributed by atoms with van der Waals surface area (Å²) >= 11 is 0. The van der Waals surface area contributed by atoms with Gasteiger partial charge >= 0.3 is 0 Å². The highest BCUT2D eigenvalue weighted by atomic mass is 19.1. The van der Waals surface area contributed by atoms with Gasteiger partial charge in [0, 0.05) is 38.1 Å². The number of rotatable bonds is 6. The number of imide groups is 1. The summed E-state index contributed by atoms with van der Waals surface area (Å²) in [5.74, 6) is -1.05. The van der Waals surface area contributed by atoms with Crippen LogP contribution in [0.5, 0.6) is 0 Å². The van der Waals surface area contributed by atoms with Crippen LogP contribution in [0, 0.1) is 17.7 Å². The molecule has 2 aliphatic heterocycles. The van der Waals surface area contributed by atoms with Crippen molar-refractivity contribution < 1.29 is 23.5 Å². The van der Waals surface area contributed by atoms with E-state index in [4.69, 9.17) is 4.74 Å². The van der Waals surface area contributed by atoms with Crippen LogP contribution in [-0.4, -0.2) is 48.9 Å². The molecule has 0 radical (unpaired) electrons. The molecule has 2 atom stereocenters. The summed E-state index contributed by atoms with van der Waals surface area (Å²) in [4.78, 5) is 39.0. The first kappa shape index (κ1) is 21.0. The van der Waals surface area contributed by atoms with Crippen LogP contribution in [0.25, 0.3) is 0 Å². The lowest BCUT2D eigenvalue weighted by atomic mass is 9.74. The van der Waals surface area contributed by atoms with E-state index in [0.29, 0.717) is 19.8 Å². The van der Waals surface area contributed by atoms with Crippen LogP contribution < -0.4 is 5.32 Å². The van der Waals surface area contributed by atoms with Gasteiger partial charge in [0.2, 0.25) is 17.7 Å². The van der Waals surface area contributed by atoms with Gasteiger partial charge in [0.15, 0.2) is 0 Å². The maximum atomic E-state index is 13.4. The van der Waals surface area contributed by atoms with Gasteiger partial charge in [0.25, 0.3) is 0 Å². The molecule has 2 heterocycles. The quantitative estimate of drug-likeness (QED) is 0.724. The fourth-order valence-corrected chi connectivity index (χ4v) is 5.15. The molecule has 2 unspecified atom stereocenters. The zero-order valence-corrected chi connectivity index (χ0v) is 17.2. The summed E-state index contributed by atoms with van der Waals surface area (Å²) in [6, 6.07) is 6.43. The first-order valence-corrected chi connectivity index (χ1v) is 11.0. The number of carbonyl (C=O) groups is 3. The highest BCUT2D eigenvalue weighted by Crippen LogP contribution is 2.38. The molecule has 1 aliphatic carbocycles. The average Bonchev–Trinajstić information content (AvgIpc) is 3.02. The van der Waals surface area contributed by atoms with Gasteiger partial charge in [-0.1, -0.05) is 25.0 Å². The molecular weight excluding hydrogens is 387 g/mol. The zero-order valence-electron chi connectivity index (χ0n) is 17.2. The van der Waals surface area contributed by atoms with Crippen molar-refractivity contribution in [2.45, 2.75) is 50.4 Å². The predicted octanol–water partition coefficient (Wildman–Crippen LogP) is 2.56. The minimum Gasteiger partial charge on any atom is -0.381 e. The lowest BCUT2D eigenvalue weighted by Crippen LogP contribution is -2.45. The van der Waals surface area contributed by atoms with Crippen molar-refractivity contribution in [3.8, 4) is 0 Å². The largest absolute Gasteiger partial charge is 0.381 e. The Kier molecular flexibility index (Phi) is 6.18. The van der Waals surface area contributed by atoms with Gasteiger partial charge in [0.05, 0.1) is 11.8 Å². The molecule has 162 valence electrons.